The molecule has 4 aliphatic rings. The summed E-state index contributed by atoms with van der Waals surface area (Å²) < 4.78 is 0. The smallest absolute Gasteiger partial charge is 0.339 e. The van der Waals surface area contributed by atoms with Crippen LogP contribution in [0.25, 0.3) is 0 Å². The lowest BCUT2D eigenvalue weighted by Gasteiger charge is -2.42. The van der Waals surface area contributed by atoms with Crippen molar-refractivity contribution in [2.45, 2.75) is 25.7 Å². The molecule has 0 unspecified atom stereocenters. The van der Waals surface area contributed by atoms with Crippen molar-refractivity contribution >= 4 is 35.0 Å². The maximum Gasteiger partial charge on any atom is 0.339 e. The molecule has 2 aromatic rings. The van der Waals surface area contributed by atoms with Crippen LogP contribution in [0.4, 0.5) is 5.69 Å². The van der Waals surface area contributed by atoms with Gasteiger partial charge < -0.3 is 15.3 Å². The number of allylic oxidation sites excluding steroid dienone is 6. The van der Waals surface area contributed by atoms with Gasteiger partial charge in [0.25, 0.3) is 0 Å². The second-order valence-corrected chi connectivity index (χ2v) is 10.3. The first-order chi connectivity index (χ1) is 18.6. The van der Waals surface area contributed by atoms with Gasteiger partial charge in [0.15, 0.2) is 11.6 Å². The number of Topliss-reactive ketones (excluding diaryl/α,β-unsaturated/α-hetero) is 1. The lowest BCUT2D eigenvalue weighted by atomic mass is 9.59. The maximum atomic E-state index is 13.9. The summed E-state index contributed by atoms with van der Waals surface area (Å²) in [6.07, 6.45) is 3.45. The van der Waals surface area contributed by atoms with E-state index in [-0.39, 0.29) is 47.0 Å². The van der Waals surface area contributed by atoms with Crippen LogP contribution in [0.5, 0.6) is 11.5 Å². The molecule has 39 heavy (non-hydrogen) atoms. The van der Waals surface area contributed by atoms with Gasteiger partial charge >= 0.3 is 5.97 Å². The van der Waals surface area contributed by atoms with Crippen LogP contribution in [-0.2, 0) is 19.2 Å². The molecule has 0 bridgehead atoms. The van der Waals surface area contributed by atoms with E-state index in [4.69, 9.17) is 0 Å². The Hall–Kier alpha value is -4.79. The number of anilines is 1. The van der Waals surface area contributed by atoms with Crippen LogP contribution in [0.3, 0.4) is 0 Å². The van der Waals surface area contributed by atoms with Gasteiger partial charge in [0.2, 0.25) is 11.8 Å². The molecule has 0 saturated carbocycles. The van der Waals surface area contributed by atoms with Gasteiger partial charge in [-0.15, -0.1) is 0 Å². The molecule has 196 valence electrons. The lowest BCUT2D eigenvalue weighted by molar-refractivity contribution is -0.123. The third kappa shape index (κ3) is 3.49. The largest absolute Gasteiger partial charge is 0.508 e. The first kappa shape index (κ1) is 24.5. The third-order valence-corrected chi connectivity index (χ3v) is 8.28. The summed E-state index contributed by atoms with van der Waals surface area (Å²) in [4.78, 5) is 66.2. The van der Waals surface area contributed by atoms with Gasteiger partial charge in [-0.3, -0.25) is 19.2 Å². The van der Waals surface area contributed by atoms with Crippen molar-refractivity contribution in [1.82, 2.24) is 0 Å². The molecule has 1 heterocycles. The summed E-state index contributed by atoms with van der Waals surface area (Å²) in [7, 11) is 0. The van der Waals surface area contributed by atoms with Gasteiger partial charge in [0.05, 0.1) is 17.5 Å². The number of benzene rings is 2. The van der Waals surface area contributed by atoms with E-state index in [0.29, 0.717) is 22.3 Å². The predicted octanol–water partition coefficient (Wildman–Crippen LogP) is 3.43. The summed E-state index contributed by atoms with van der Waals surface area (Å²) in [5, 5.41) is 30.2. The monoisotopic (exact) mass is 525 g/mol. The number of aromatic carboxylic acids is 1. The minimum atomic E-state index is -1.35. The van der Waals surface area contributed by atoms with Gasteiger partial charge in [-0.2, -0.15) is 0 Å². The molecule has 0 spiro atoms. The summed E-state index contributed by atoms with van der Waals surface area (Å²) in [6, 6.07) is 10.1. The first-order valence-electron chi connectivity index (χ1n) is 12.5. The molecule has 4 atom stereocenters. The highest BCUT2D eigenvalue weighted by Crippen LogP contribution is 2.56. The van der Waals surface area contributed by atoms with Crippen molar-refractivity contribution in [3.63, 3.8) is 0 Å². The zero-order valence-corrected chi connectivity index (χ0v) is 20.7. The third-order valence-electron chi connectivity index (χ3n) is 8.28. The first-order valence-corrected chi connectivity index (χ1v) is 12.5. The molecule has 2 aromatic carbocycles. The van der Waals surface area contributed by atoms with E-state index in [1.54, 1.807) is 25.1 Å². The van der Waals surface area contributed by atoms with E-state index in [1.807, 2.05) is 6.08 Å². The number of hydrogen-bond donors (Lipinski definition) is 3. The Bertz CT molecular complexity index is 1630. The van der Waals surface area contributed by atoms with Crippen molar-refractivity contribution in [2.75, 3.05) is 4.90 Å². The Balaban J connectivity index is 1.47. The Morgan fingerprint density at radius 1 is 0.949 bits per heavy atom. The lowest BCUT2D eigenvalue weighted by Crippen LogP contribution is -2.39. The number of para-hydroxylation sites is 1. The molecular formula is C30H23NO8. The Kier molecular flexibility index (Phi) is 5.43. The zero-order valence-electron chi connectivity index (χ0n) is 20.7. The summed E-state index contributed by atoms with van der Waals surface area (Å²) >= 11 is 0. The van der Waals surface area contributed by atoms with Gasteiger partial charge in [0.1, 0.15) is 17.1 Å². The fourth-order valence-electron chi connectivity index (χ4n) is 6.56. The maximum absolute atomic E-state index is 13.9. The zero-order chi connectivity index (χ0) is 27.7. The number of carboxylic acids is 1. The van der Waals surface area contributed by atoms with Crippen LogP contribution >= 0.6 is 0 Å². The Morgan fingerprint density at radius 3 is 2.38 bits per heavy atom. The predicted molar refractivity (Wildman–Crippen MR) is 137 cm³/mol. The second kappa shape index (κ2) is 8.62. The molecule has 6 rings (SSSR count). The number of phenolic OH excluding ortho intramolecular Hbond substituents is 1. The summed E-state index contributed by atoms with van der Waals surface area (Å²) in [5.74, 6) is -6.49. The molecule has 0 radical (unpaired) electrons. The SMILES string of the molecule is CC1=CC(=O)C2=C(C[C@@H]3C(=CC[C@@H]4C(=O)N(c5ccc(C(=O)O)c(O)c5)C(=O)[C@@H]43)[C@@H]2c2ccccc2O)C1=O. The van der Waals surface area contributed by atoms with E-state index in [9.17, 15) is 39.3 Å². The molecule has 3 aliphatic carbocycles. The number of amides is 2. The van der Waals surface area contributed by atoms with Crippen molar-refractivity contribution in [1.29, 1.82) is 0 Å². The summed E-state index contributed by atoms with van der Waals surface area (Å²) in [6.45, 7) is 1.56. The van der Waals surface area contributed by atoms with Crippen molar-refractivity contribution in [2.24, 2.45) is 17.8 Å². The molecular weight excluding hydrogens is 502 g/mol. The minimum Gasteiger partial charge on any atom is -0.508 e. The fraction of sp³-hybridized carbons (Fsp3) is 0.233. The fourth-order valence-corrected chi connectivity index (χ4v) is 6.56. The molecule has 9 nitrogen and oxygen atoms in total. The second-order valence-electron chi connectivity index (χ2n) is 10.3. The number of rotatable bonds is 3. The molecule has 1 aliphatic heterocycles. The highest BCUT2D eigenvalue weighted by Gasteiger charge is 2.56. The molecule has 1 fully saturated rings. The van der Waals surface area contributed by atoms with Gasteiger partial charge in [-0.25, -0.2) is 9.69 Å². The normalized spacial score (nSPS) is 26.1. The van der Waals surface area contributed by atoms with Crippen molar-refractivity contribution in [3.05, 3.63) is 88.0 Å². The topological polar surface area (TPSA) is 149 Å². The van der Waals surface area contributed by atoms with Crippen LogP contribution in [0.1, 0.15) is 41.6 Å². The van der Waals surface area contributed by atoms with E-state index in [0.717, 1.165) is 17.0 Å². The highest BCUT2D eigenvalue weighted by molar-refractivity contribution is 6.25. The number of carbonyl (C=O) groups is 5. The Morgan fingerprint density at radius 2 is 1.69 bits per heavy atom. The molecule has 3 N–H and O–H groups in total. The number of nitrogens with zero attached hydrogens (tertiary/aromatic N) is 1. The molecule has 2 amide bonds. The number of phenols is 2. The van der Waals surface area contributed by atoms with Gasteiger partial charge in [0, 0.05) is 34.3 Å². The molecule has 0 aromatic heterocycles. The minimum absolute atomic E-state index is 0.0472. The average Bonchev–Trinajstić information content (AvgIpc) is 3.16. The van der Waals surface area contributed by atoms with E-state index >= 15 is 0 Å². The number of aromatic hydroxyl groups is 2. The summed E-state index contributed by atoms with van der Waals surface area (Å²) in [5.41, 5.74) is 1.71. The van der Waals surface area contributed by atoms with Crippen LogP contribution < -0.4 is 4.90 Å². The highest BCUT2D eigenvalue weighted by atomic mass is 16.4. The standard InChI is InChI=1S/C30H23NO8/c1-13-10-23(34)26-20(27(13)35)12-19-15(24(26)16-4-2-3-5-21(16)32)8-9-18-25(19)29(37)31(28(18)36)14-6-7-17(30(38)39)22(33)11-14/h2-8,10-11,18-19,24-25,32-33H,9,12H2,1H3,(H,38,39)/t18-,19+,24+,25-/m0/s1. The van der Waals surface area contributed by atoms with Crippen LogP contribution in [-0.4, -0.2) is 44.7 Å². The van der Waals surface area contributed by atoms with Crippen LogP contribution in [0.2, 0.25) is 0 Å². The quantitative estimate of drug-likeness (QED) is 0.314. The van der Waals surface area contributed by atoms with Crippen LogP contribution in [0, 0.1) is 17.8 Å². The van der Waals surface area contributed by atoms with E-state index < -0.39 is 47.2 Å². The number of hydrogen-bond acceptors (Lipinski definition) is 7. The van der Waals surface area contributed by atoms with Crippen molar-refractivity contribution < 1.29 is 39.3 Å². The van der Waals surface area contributed by atoms with Crippen molar-refractivity contribution in [3.8, 4) is 11.5 Å². The number of carbonyl (C=O) groups excluding carboxylic acids is 4. The van der Waals surface area contributed by atoms with Gasteiger partial charge in [-0.1, -0.05) is 29.8 Å². The van der Waals surface area contributed by atoms with E-state index in [1.165, 1.54) is 18.2 Å². The Labute approximate surface area is 222 Å². The number of fused-ring (bicyclic) bond motifs is 3. The number of imide groups is 1. The average molecular weight is 526 g/mol. The van der Waals surface area contributed by atoms with E-state index in [2.05, 4.69) is 0 Å². The molecule has 1 saturated heterocycles. The number of ketones is 2. The molecule has 9 heteroatoms. The number of carboxylic acid groups (broad SMARTS) is 1. The van der Waals surface area contributed by atoms with Gasteiger partial charge in [-0.05, 0) is 50.0 Å². The van der Waals surface area contributed by atoms with Crippen LogP contribution in [0.15, 0.2) is 76.9 Å².